The molecule has 0 aromatic heterocycles. The number of hydrogen-bond donors (Lipinski definition) is 0. The van der Waals surface area contributed by atoms with Crippen LogP contribution >= 0.6 is 0 Å². The van der Waals surface area contributed by atoms with Crippen molar-refractivity contribution < 1.29 is 23.0 Å². The van der Waals surface area contributed by atoms with Gasteiger partial charge in [-0.3, -0.25) is 9.69 Å². The molecular formula is C25H29F2NO3. The summed E-state index contributed by atoms with van der Waals surface area (Å²) in [5.41, 5.74) is 1.52. The second-order valence-corrected chi connectivity index (χ2v) is 8.87. The van der Waals surface area contributed by atoms with Crippen molar-refractivity contribution in [3.8, 4) is 0 Å². The third-order valence-electron chi connectivity index (χ3n) is 6.49. The molecule has 0 unspecified atom stereocenters. The lowest BCUT2D eigenvalue weighted by atomic mass is 9.87. The van der Waals surface area contributed by atoms with Gasteiger partial charge in [0.1, 0.15) is 17.7 Å². The highest BCUT2D eigenvalue weighted by Crippen LogP contribution is 2.42. The standard InChI is InChI=1S/C25H29F2NO3/c1-15(2)30-25(29)23-21-13-12-20(28(21)3)14-22(23)31-24(16-4-8-18(26)9-5-16)17-6-10-19(27)11-7-17/h4-11,15,20-24H,12-14H2,1-3H3/t20-,21+,22+,23+/m1/s1. The summed E-state index contributed by atoms with van der Waals surface area (Å²) in [7, 11) is 2.06. The summed E-state index contributed by atoms with van der Waals surface area (Å²) in [6.45, 7) is 3.69. The van der Waals surface area contributed by atoms with E-state index in [0.29, 0.717) is 12.5 Å². The zero-order chi connectivity index (χ0) is 22.1. The predicted octanol–water partition coefficient (Wildman–Crippen LogP) is 4.87. The molecule has 2 bridgehead atoms. The Bertz CT molecular complexity index is 854. The molecule has 31 heavy (non-hydrogen) atoms. The van der Waals surface area contributed by atoms with Crippen molar-refractivity contribution in [2.45, 2.75) is 63.5 Å². The monoisotopic (exact) mass is 429 g/mol. The highest BCUT2D eigenvalue weighted by atomic mass is 19.1. The van der Waals surface area contributed by atoms with Crippen LogP contribution in [0, 0.1) is 17.6 Å². The summed E-state index contributed by atoms with van der Waals surface area (Å²) in [5, 5.41) is 0. The Kier molecular flexibility index (Phi) is 6.39. The first kappa shape index (κ1) is 21.9. The summed E-state index contributed by atoms with van der Waals surface area (Å²) in [6, 6.07) is 12.7. The SMILES string of the molecule is CC(C)OC(=O)[C@@H]1[C@@H](OC(c2ccc(F)cc2)c2ccc(F)cc2)C[C@H]2CC[C@@H]1N2C. The van der Waals surface area contributed by atoms with E-state index in [0.717, 1.165) is 24.0 Å². The van der Waals surface area contributed by atoms with Crippen molar-refractivity contribution in [3.05, 3.63) is 71.3 Å². The maximum absolute atomic E-state index is 13.6. The van der Waals surface area contributed by atoms with Crippen molar-refractivity contribution in [2.75, 3.05) is 7.05 Å². The van der Waals surface area contributed by atoms with Gasteiger partial charge in [-0.05, 0) is 75.5 Å². The number of piperidine rings is 1. The molecule has 4 atom stereocenters. The first-order chi connectivity index (χ1) is 14.8. The number of carbonyl (C=O) groups is 1. The van der Waals surface area contributed by atoms with Gasteiger partial charge in [-0.15, -0.1) is 0 Å². The van der Waals surface area contributed by atoms with Gasteiger partial charge in [0.15, 0.2) is 0 Å². The molecule has 6 heteroatoms. The Labute approximate surface area is 182 Å². The molecule has 4 rings (SSSR count). The second kappa shape index (κ2) is 9.05. The minimum atomic E-state index is -0.539. The molecule has 2 aliphatic rings. The summed E-state index contributed by atoms with van der Waals surface area (Å²) in [4.78, 5) is 15.3. The topological polar surface area (TPSA) is 38.8 Å². The van der Waals surface area contributed by atoms with Crippen molar-refractivity contribution in [1.29, 1.82) is 0 Å². The fraction of sp³-hybridized carbons (Fsp3) is 0.480. The van der Waals surface area contributed by atoms with Gasteiger partial charge < -0.3 is 9.47 Å². The molecule has 2 aromatic carbocycles. The molecule has 2 aliphatic heterocycles. The van der Waals surface area contributed by atoms with E-state index in [2.05, 4.69) is 11.9 Å². The highest BCUT2D eigenvalue weighted by Gasteiger charge is 2.50. The van der Waals surface area contributed by atoms with Crippen molar-refractivity contribution >= 4 is 5.97 Å². The van der Waals surface area contributed by atoms with Crippen molar-refractivity contribution in [2.24, 2.45) is 5.92 Å². The van der Waals surface area contributed by atoms with Crippen LogP contribution in [-0.4, -0.2) is 42.2 Å². The average Bonchev–Trinajstić information content (AvgIpc) is 2.96. The number of hydrogen-bond acceptors (Lipinski definition) is 4. The zero-order valence-corrected chi connectivity index (χ0v) is 18.1. The van der Waals surface area contributed by atoms with Crippen LogP contribution in [0.4, 0.5) is 8.78 Å². The predicted molar refractivity (Wildman–Crippen MR) is 113 cm³/mol. The average molecular weight is 430 g/mol. The Hall–Kier alpha value is -2.31. The Morgan fingerprint density at radius 3 is 2.03 bits per heavy atom. The number of nitrogens with zero attached hydrogens (tertiary/aromatic N) is 1. The van der Waals surface area contributed by atoms with Gasteiger partial charge in [-0.1, -0.05) is 24.3 Å². The summed E-state index contributed by atoms with van der Waals surface area (Å²) < 4.78 is 39.3. The fourth-order valence-corrected chi connectivity index (χ4v) is 4.98. The molecule has 2 fully saturated rings. The highest BCUT2D eigenvalue weighted by molar-refractivity contribution is 5.74. The summed E-state index contributed by atoms with van der Waals surface area (Å²) >= 11 is 0. The Balaban J connectivity index is 1.67. The van der Waals surface area contributed by atoms with E-state index in [1.807, 2.05) is 13.8 Å². The van der Waals surface area contributed by atoms with E-state index in [1.54, 1.807) is 24.3 Å². The molecular weight excluding hydrogens is 400 g/mol. The van der Waals surface area contributed by atoms with E-state index in [4.69, 9.17) is 9.47 Å². The maximum Gasteiger partial charge on any atom is 0.313 e. The molecule has 166 valence electrons. The van der Waals surface area contributed by atoms with Gasteiger partial charge in [0.05, 0.1) is 18.1 Å². The maximum atomic E-state index is 13.6. The van der Waals surface area contributed by atoms with E-state index in [1.165, 1.54) is 24.3 Å². The number of esters is 1. The summed E-state index contributed by atoms with van der Waals surface area (Å²) in [6.07, 6.45) is 1.57. The van der Waals surface area contributed by atoms with E-state index in [9.17, 15) is 13.6 Å². The van der Waals surface area contributed by atoms with Gasteiger partial charge in [-0.2, -0.15) is 0 Å². The van der Waals surface area contributed by atoms with Gasteiger partial charge in [0.2, 0.25) is 0 Å². The molecule has 0 saturated carbocycles. The molecule has 2 aromatic rings. The molecule has 2 saturated heterocycles. The third-order valence-corrected chi connectivity index (χ3v) is 6.49. The van der Waals surface area contributed by atoms with E-state index < -0.39 is 12.0 Å². The molecule has 0 amide bonds. The first-order valence-electron chi connectivity index (χ1n) is 10.9. The minimum absolute atomic E-state index is 0.0667. The number of benzene rings is 2. The van der Waals surface area contributed by atoms with Gasteiger partial charge in [0.25, 0.3) is 0 Å². The third kappa shape index (κ3) is 4.65. The Morgan fingerprint density at radius 2 is 1.52 bits per heavy atom. The smallest absolute Gasteiger partial charge is 0.313 e. The molecule has 0 aliphatic carbocycles. The van der Waals surface area contributed by atoms with Gasteiger partial charge in [0, 0.05) is 12.1 Å². The van der Waals surface area contributed by atoms with Crippen molar-refractivity contribution in [3.63, 3.8) is 0 Å². The number of rotatable bonds is 6. The quantitative estimate of drug-likeness (QED) is 0.614. The molecule has 0 spiro atoms. The van der Waals surface area contributed by atoms with Crippen LogP contribution < -0.4 is 0 Å². The Morgan fingerprint density at radius 1 is 0.968 bits per heavy atom. The lowest BCUT2D eigenvalue weighted by Crippen LogP contribution is -2.53. The van der Waals surface area contributed by atoms with E-state index >= 15 is 0 Å². The number of carbonyl (C=O) groups excluding carboxylic acids is 1. The number of ether oxygens (including phenoxy) is 2. The molecule has 0 N–H and O–H groups in total. The fourth-order valence-electron chi connectivity index (χ4n) is 4.98. The van der Waals surface area contributed by atoms with Crippen LogP contribution in [0.15, 0.2) is 48.5 Å². The van der Waals surface area contributed by atoms with Gasteiger partial charge in [-0.25, -0.2) is 8.78 Å². The lowest BCUT2D eigenvalue weighted by Gasteiger charge is -2.42. The van der Waals surface area contributed by atoms with Crippen LogP contribution in [0.5, 0.6) is 0 Å². The second-order valence-electron chi connectivity index (χ2n) is 8.87. The largest absolute Gasteiger partial charge is 0.463 e. The molecule has 0 radical (unpaired) electrons. The number of halogens is 2. The van der Waals surface area contributed by atoms with Crippen molar-refractivity contribution in [1.82, 2.24) is 4.90 Å². The van der Waals surface area contributed by atoms with Gasteiger partial charge >= 0.3 is 5.97 Å². The van der Waals surface area contributed by atoms with Crippen LogP contribution in [0.2, 0.25) is 0 Å². The normalized spacial score (nSPS) is 25.9. The minimum Gasteiger partial charge on any atom is -0.463 e. The lowest BCUT2D eigenvalue weighted by molar-refractivity contribution is -0.168. The van der Waals surface area contributed by atoms with E-state index in [-0.39, 0.29) is 35.9 Å². The first-order valence-corrected chi connectivity index (χ1v) is 10.9. The number of fused-ring (bicyclic) bond motifs is 2. The summed E-state index contributed by atoms with van der Waals surface area (Å²) in [5.74, 6) is -1.32. The molecule has 4 nitrogen and oxygen atoms in total. The van der Waals surface area contributed by atoms with Crippen LogP contribution in [0.1, 0.15) is 50.3 Å². The van der Waals surface area contributed by atoms with Crippen LogP contribution in [0.3, 0.4) is 0 Å². The zero-order valence-electron chi connectivity index (χ0n) is 18.1. The molecule has 2 heterocycles. The van der Waals surface area contributed by atoms with Crippen LogP contribution in [0.25, 0.3) is 0 Å². The van der Waals surface area contributed by atoms with Crippen LogP contribution in [-0.2, 0) is 14.3 Å².